The predicted octanol–water partition coefficient (Wildman–Crippen LogP) is 3.56. The first-order valence-corrected chi connectivity index (χ1v) is 11.4. The molecule has 0 spiro atoms. The smallest absolute Gasteiger partial charge is 0.241 e. The van der Waals surface area contributed by atoms with E-state index in [1.165, 1.54) is 0 Å². The Balaban J connectivity index is 1.57. The summed E-state index contributed by atoms with van der Waals surface area (Å²) in [5.41, 5.74) is 1.92. The van der Waals surface area contributed by atoms with Crippen LogP contribution in [0.4, 0.5) is 0 Å². The molecule has 2 aromatic carbocycles. The van der Waals surface area contributed by atoms with Crippen molar-refractivity contribution in [1.29, 1.82) is 0 Å². The minimum atomic E-state index is -3.82. The Morgan fingerprint density at radius 2 is 1.87 bits per heavy atom. The minimum Gasteiger partial charge on any atom is -0.370 e. The SMILES string of the molecule is Cc1ccc(S(=O)(=O)NC(C=O)[C@H]2CC(c3cncc4ccccc34)O[C@H]2C)cc1. The van der Waals surface area contributed by atoms with Gasteiger partial charge in [0.05, 0.1) is 23.1 Å². The van der Waals surface area contributed by atoms with Crippen LogP contribution in [0.1, 0.15) is 30.6 Å². The lowest BCUT2D eigenvalue weighted by Gasteiger charge is -2.21. The highest BCUT2D eigenvalue weighted by atomic mass is 32.2. The minimum absolute atomic E-state index is 0.140. The quantitative estimate of drug-likeness (QED) is 0.612. The van der Waals surface area contributed by atoms with E-state index >= 15 is 0 Å². The van der Waals surface area contributed by atoms with Gasteiger partial charge < -0.3 is 9.53 Å². The van der Waals surface area contributed by atoms with Gasteiger partial charge in [0.15, 0.2) is 0 Å². The van der Waals surface area contributed by atoms with E-state index in [-0.39, 0.29) is 23.0 Å². The maximum absolute atomic E-state index is 12.8. The van der Waals surface area contributed by atoms with Gasteiger partial charge in [0.25, 0.3) is 0 Å². The van der Waals surface area contributed by atoms with Crippen molar-refractivity contribution < 1.29 is 17.9 Å². The van der Waals surface area contributed by atoms with Gasteiger partial charge in [0, 0.05) is 29.3 Å². The highest BCUT2D eigenvalue weighted by Crippen LogP contribution is 2.40. The molecule has 3 aromatic rings. The first-order chi connectivity index (χ1) is 14.4. The normalized spacial score (nSPS) is 22.8. The number of nitrogens with zero attached hydrogens (tertiary/aromatic N) is 1. The number of aldehydes is 1. The summed E-state index contributed by atoms with van der Waals surface area (Å²) in [5, 5.41) is 2.06. The Morgan fingerprint density at radius 3 is 2.60 bits per heavy atom. The first kappa shape index (κ1) is 20.7. The fourth-order valence-corrected chi connectivity index (χ4v) is 5.29. The Kier molecular flexibility index (Phi) is 5.69. The number of carbonyl (C=O) groups excluding carboxylic acids is 1. The summed E-state index contributed by atoms with van der Waals surface area (Å²) in [6.07, 6.45) is 4.24. The van der Waals surface area contributed by atoms with E-state index in [0.29, 0.717) is 12.7 Å². The second-order valence-corrected chi connectivity index (χ2v) is 9.49. The van der Waals surface area contributed by atoms with Gasteiger partial charge in [-0.15, -0.1) is 0 Å². The Labute approximate surface area is 176 Å². The standard InChI is InChI=1S/C23H24N2O4S/c1-15-7-9-18(10-8-15)30(27,28)25-22(14-26)20-11-23(29-16(20)2)21-13-24-12-17-5-3-4-6-19(17)21/h3-10,12-14,16,20,22-23,25H,11H2,1-2H3/t16-,20-,22?,23?/m0/s1. The molecule has 0 bridgehead atoms. The summed E-state index contributed by atoms with van der Waals surface area (Å²) < 4.78 is 34.3. The van der Waals surface area contributed by atoms with Crippen LogP contribution in [0.5, 0.6) is 0 Å². The molecule has 0 aliphatic carbocycles. The zero-order chi connectivity index (χ0) is 21.3. The number of hydrogen-bond acceptors (Lipinski definition) is 5. The molecule has 4 rings (SSSR count). The molecule has 7 heteroatoms. The third kappa shape index (κ3) is 4.01. The third-order valence-corrected chi connectivity index (χ3v) is 7.22. The van der Waals surface area contributed by atoms with Gasteiger partial charge in [-0.25, -0.2) is 13.1 Å². The van der Waals surface area contributed by atoms with Crippen molar-refractivity contribution in [3.8, 4) is 0 Å². The maximum Gasteiger partial charge on any atom is 0.241 e. The summed E-state index contributed by atoms with van der Waals surface area (Å²) in [4.78, 5) is 16.3. The number of ether oxygens (including phenoxy) is 1. The lowest BCUT2D eigenvalue weighted by molar-refractivity contribution is -0.110. The van der Waals surface area contributed by atoms with Crippen LogP contribution in [0, 0.1) is 12.8 Å². The number of aryl methyl sites for hydroxylation is 1. The number of aromatic nitrogens is 1. The zero-order valence-corrected chi connectivity index (χ0v) is 17.7. The molecule has 1 aliphatic heterocycles. The average Bonchev–Trinajstić information content (AvgIpc) is 3.13. The van der Waals surface area contributed by atoms with E-state index in [4.69, 9.17) is 4.74 Å². The fourth-order valence-electron chi connectivity index (χ4n) is 4.07. The molecule has 1 saturated heterocycles. The Hall–Kier alpha value is -2.61. The molecule has 30 heavy (non-hydrogen) atoms. The molecule has 1 fully saturated rings. The van der Waals surface area contributed by atoms with Crippen LogP contribution >= 0.6 is 0 Å². The van der Waals surface area contributed by atoms with E-state index in [9.17, 15) is 13.2 Å². The average molecular weight is 425 g/mol. The third-order valence-electron chi connectivity index (χ3n) is 5.74. The van der Waals surface area contributed by atoms with Crippen LogP contribution in [0.25, 0.3) is 10.8 Å². The molecule has 0 saturated carbocycles. The van der Waals surface area contributed by atoms with Crippen molar-refractivity contribution in [3.05, 3.63) is 72.1 Å². The number of sulfonamides is 1. The van der Waals surface area contributed by atoms with Gasteiger partial charge in [-0.1, -0.05) is 42.0 Å². The highest BCUT2D eigenvalue weighted by molar-refractivity contribution is 7.89. The van der Waals surface area contributed by atoms with Gasteiger partial charge in [0.1, 0.15) is 6.29 Å². The summed E-state index contributed by atoms with van der Waals surface area (Å²) in [5.74, 6) is -0.285. The van der Waals surface area contributed by atoms with E-state index < -0.39 is 16.1 Å². The molecular formula is C23H24N2O4S. The lowest BCUT2D eigenvalue weighted by atomic mass is 9.91. The van der Waals surface area contributed by atoms with Crippen LogP contribution in [0.3, 0.4) is 0 Å². The monoisotopic (exact) mass is 424 g/mol. The van der Waals surface area contributed by atoms with Gasteiger partial charge in [-0.3, -0.25) is 4.98 Å². The van der Waals surface area contributed by atoms with Crippen LogP contribution < -0.4 is 4.72 Å². The Bertz CT molecular complexity index is 1160. The molecule has 0 amide bonds. The van der Waals surface area contributed by atoms with Crippen LogP contribution in [-0.2, 0) is 19.6 Å². The molecule has 0 radical (unpaired) electrons. The first-order valence-electron chi connectivity index (χ1n) is 9.91. The van der Waals surface area contributed by atoms with Gasteiger partial charge in [-0.2, -0.15) is 0 Å². The van der Waals surface area contributed by atoms with Crippen molar-refractivity contribution in [2.75, 3.05) is 0 Å². The second-order valence-electron chi connectivity index (χ2n) is 7.78. The number of pyridine rings is 1. The zero-order valence-electron chi connectivity index (χ0n) is 16.9. The fraction of sp³-hybridized carbons (Fsp3) is 0.304. The molecule has 6 nitrogen and oxygen atoms in total. The molecular weight excluding hydrogens is 400 g/mol. The van der Waals surface area contributed by atoms with Gasteiger partial charge in [0.2, 0.25) is 10.0 Å². The molecule has 1 aromatic heterocycles. The number of rotatable bonds is 6. The number of carbonyl (C=O) groups is 1. The van der Waals surface area contributed by atoms with Crippen molar-refractivity contribution in [2.45, 2.75) is 43.4 Å². The van der Waals surface area contributed by atoms with E-state index in [2.05, 4.69) is 9.71 Å². The summed E-state index contributed by atoms with van der Waals surface area (Å²) >= 11 is 0. The maximum atomic E-state index is 12.8. The number of benzene rings is 2. The largest absolute Gasteiger partial charge is 0.370 e. The van der Waals surface area contributed by atoms with Gasteiger partial charge in [-0.05, 0) is 37.8 Å². The molecule has 2 heterocycles. The number of nitrogens with one attached hydrogen (secondary N) is 1. The van der Waals surface area contributed by atoms with Crippen LogP contribution in [0.2, 0.25) is 0 Å². The Morgan fingerprint density at radius 1 is 1.13 bits per heavy atom. The summed E-state index contributed by atoms with van der Waals surface area (Å²) in [6.45, 7) is 3.76. The van der Waals surface area contributed by atoms with Crippen molar-refractivity contribution in [3.63, 3.8) is 0 Å². The van der Waals surface area contributed by atoms with Crippen molar-refractivity contribution in [1.82, 2.24) is 9.71 Å². The van der Waals surface area contributed by atoms with Crippen molar-refractivity contribution in [2.24, 2.45) is 5.92 Å². The topological polar surface area (TPSA) is 85.4 Å². The number of fused-ring (bicyclic) bond motifs is 1. The van der Waals surface area contributed by atoms with E-state index in [1.54, 1.807) is 36.7 Å². The molecule has 2 unspecified atom stereocenters. The predicted molar refractivity (Wildman–Crippen MR) is 114 cm³/mol. The lowest BCUT2D eigenvalue weighted by Crippen LogP contribution is -2.43. The summed E-state index contributed by atoms with van der Waals surface area (Å²) in [7, 11) is -3.82. The molecule has 1 aliphatic rings. The molecule has 4 atom stereocenters. The molecule has 1 N–H and O–H groups in total. The van der Waals surface area contributed by atoms with Crippen LogP contribution in [0.15, 0.2) is 65.8 Å². The van der Waals surface area contributed by atoms with Crippen LogP contribution in [-0.4, -0.2) is 31.8 Å². The van der Waals surface area contributed by atoms with Crippen molar-refractivity contribution >= 4 is 27.1 Å². The van der Waals surface area contributed by atoms with E-state index in [1.807, 2.05) is 38.1 Å². The molecule has 156 valence electrons. The highest BCUT2D eigenvalue weighted by Gasteiger charge is 2.40. The number of hydrogen-bond donors (Lipinski definition) is 1. The van der Waals surface area contributed by atoms with E-state index in [0.717, 1.165) is 21.9 Å². The second kappa shape index (κ2) is 8.26. The van der Waals surface area contributed by atoms with Gasteiger partial charge >= 0.3 is 0 Å². The summed E-state index contributed by atoms with van der Waals surface area (Å²) in [6, 6.07) is 13.6.